The zero-order chi connectivity index (χ0) is 16.8. The molecule has 1 saturated heterocycles. The SMILES string of the molecule is CCCC[C@H](CC)CN1C(=O)/C(=C\c2ccc(C)cc2)SC1=S. The van der Waals surface area contributed by atoms with E-state index in [1.807, 2.05) is 18.2 Å². The maximum absolute atomic E-state index is 12.7. The molecule has 1 aromatic carbocycles. The first-order valence-electron chi connectivity index (χ1n) is 8.37. The van der Waals surface area contributed by atoms with Gasteiger partial charge >= 0.3 is 0 Å². The van der Waals surface area contributed by atoms with E-state index in [1.165, 1.54) is 36.6 Å². The fourth-order valence-electron chi connectivity index (χ4n) is 2.65. The standard InChI is InChI=1S/C19H25NOS2/c1-4-6-7-15(5-2)13-20-18(21)17(23-19(20)22)12-16-10-8-14(3)9-11-16/h8-12,15H,4-7,13H2,1-3H3/b17-12+/t15-/m0/s1. The molecule has 1 aromatic rings. The highest BCUT2D eigenvalue weighted by Gasteiger charge is 2.33. The number of amides is 1. The van der Waals surface area contributed by atoms with E-state index in [9.17, 15) is 4.79 Å². The number of unbranched alkanes of at least 4 members (excludes halogenated alkanes) is 1. The summed E-state index contributed by atoms with van der Waals surface area (Å²) >= 11 is 6.86. The summed E-state index contributed by atoms with van der Waals surface area (Å²) < 4.78 is 0.698. The van der Waals surface area contributed by atoms with Crippen molar-refractivity contribution in [3.8, 4) is 0 Å². The Balaban J connectivity index is 2.08. The van der Waals surface area contributed by atoms with Crippen molar-refractivity contribution in [2.45, 2.75) is 46.5 Å². The third-order valence-electron chi connectivity index (χ3n) is 4.23. The smallest absolute Gasteiger partial charge is 0.266 e. The summed E-state index contributed by atoms with van der Waals surface area (Å²) in [5.41, 5.74) is 2.27. The maximum Gasteiger partial charge on any atom is 0.266 e. The third kappa shape index (κ3) is 4.92. The average Bonchev–Trinajstić information content (AvgIpc) is 2.80. The number of thioether (sulfide) groups is 1. The first kappa shape index (κ1) is 18.2. The van der Waals surface area contributed by atoms with Gasteiger partial charge in [-0.3, -0.25) is 9.69 Å². The van der Waals surface area contributed by atoms with Crippen LogP contribution in [0.4, 0.5) is 0 Å². The van der Waals surface area contributed by atoms with E-state index in [0.717, 1.165) is 23.4 Å². The molecule has 4 heteroatoms. The number of benzene rings is 1. The van der Waals surface area contributed by atoms with Gasteiger partial charge in [-0.2, -0.15) is 0 Å². The number of carbonyl (C=O) groups excluding carboxylic acids is 1. The molecule has 0 unspecified atom stereocenters. The Morgan fingerprint density at radius 1 is 1.26 bits per heavy atom. The lowest BCUT2D eigenvalue weighted by Crippen LogP contribution is -2.33. The number of aryl methyl sites for hydroxylation is 1. The summed E-state index contributed by atoms with van der Waals surface area (Å²) in [5.74, 6) is 0.603. The third-order valence-corrected chi connectivity index (χ3v) is 5.61. The number of nitrogens with zero attached hydrogens (tertiary/aromatic N) is 1. The van der Waals surface area contributed by atoms with Gasteiger partial charge in [0.05, 0.1) is 4.91 Å². The van der Waals surface area contributed by atoms with Crippen molar-refractivity contribution in [1.29, 1.82) is 0 Å². The summed E-state index contributed by atoms with van der Waals surface area (Å²) in [6, 6.07) is 8.20. The van der Waals surface area contributed by atoms with Gasteiger partial charge in [-0.05, 0) is 30.9 Å². The summed E-state index contributed by atoms with van der Waals surface area (Å²) in [5, 5.41) is 0. The second-order valence-corrected chi connectivity index (χ2v) is 7.80. The van der Waals surface area contributed by atoms with Crippen LogP contribution < -0.4 is 0 Å². The molecule has 0 saturated carbocycles. The van der Waals surface area contributed by atoms with Crippen molar-refractivity contribution in [3.05, 3.63) is 40.3 Å². The molecule has 124 valence electrons. The van der Waals surface area contributed by atoms with Gasteiger partial charge in [0.2, 0.25) is 0 Å². The number of carbonyl (C=O) groups is 1. The molecule has 1 aliphatic rings. The molecule has 0 N–H and O–H groups in total. The minimum absolute atomic E-state index is 0.0653. The van der Waals surface area contributed by atoms with Crippen molar-refractivity contribution in [1.82, 2.24) is 4.90 Å². The van der Waals surface area contributed by atoms with Crippen LogP contribution in [0.25, 0.3) is 6.08 Å². The summed E-state index contributed by atoms with van der Waals surface area (Å²) in [4.78, 5) is 15.2. The number of hydrogen-bond acceptors (Lipinski definition) is 3. The molecule has 0 spiro atoms. The van der Waals surface area contributed by atoms with Gasteiger partial charge in [-0.25, -0.2) is 0 Å². The zero-order valence-corrected chi connectivity index (χ0v) is 15.8. The quantitative estimate of drug-likeness (QED) is 0.486. The van der Waals surface area contributed by atoms with Crippen LogP contribution in [0.5, 0.6) is 0 Å². The Bertz CT molecular complexity index is 592. The first-order valence-corrected chi connectivity index (χ1v) is 9.59. The number of rotatable bonds is 7. The normalized spacial score (nSPS) is 18.0. The predicted molar refractivity (Wildman–Crippen MR) is 104 cm³/mol. The van der Waals surface area contributed by atoms with Crippen LogP contribution in [0.1, 0.15) is 50.7 Å². The molecule has 2 rings (SSSR count). The molecule has 1 fully saturated rings. The molecule has 0 radical (unpaired) electrons. The van der Waals surface area contributed by atoms with E-state index in [4.69, 9.17) is 12.2 Å². The lowest BCUT2D eigenvalue weighted by Gasteiger charge is -2.21. The molecule has 1 amide bonds. The Morgan fingerprint density at radius 2 is 1.96 bits per heavy atom. The Kier molecular flexibility index (Phi) is 6.85. The Morgan fingerprint density at radius 3 is 2.57 bits per heavy atom. The second kappa shape index (κ2) is 8.65. The molecule has 1 heterocycles. The van der Waals surface area contributed by atoms with Crippen LogP contribution >= 0.6 is 24.0 Å². The lowest BCUT2D eigenvalue weighted by atomic mass is 9.99. The van der Waals surface area contributed by atoms with Gasteiger partial charge in [-0.1, -0.05) is 86.9 Å². The highest BCUT2D eigenvalue weighted by atomic mass is 32.2. The van der Waals surface area contributed by atoms with Crippen molar-refractivity contribution < 1.29 is 4.79 Å². The molecule has 0 bridgehead atoms. The Hall–Kier alpha value is -1.13. The number of thiocarbonyl (C=S) groups is 1. The summed E-state index contributed by atoms with van der Waals surface area (Å²) in [6.07, 6.45) is 6.62. The highest BCUT2D eigenvalue weighted by Crippen LogP contribution is 2.33. The van der Waals surface area contributed by atoms with Crippen LogP contribution in [-0.2, 0) is 4.79 Å². The molecular weight excluding hydrogens is 322 g/mol. The summed E-state index contributed by atoms with van der Waals surface area (Å²) in [6.45, 7) is 7.22. The van der Waals surface area contributed by atoms with E-state index >= 15 is 0 Å². The minimum atomic E-state index is 0.0653. The van der Waals surface area contributed by atoms with Crippen molar-refractivity contribution in [3.63, 3.8) is 0 Å². The zero-order valence-electron chi connectivity index (χ0n) is 14.2. The number of hydrogen-bond donors (Lipinski definition) is 0. The molecule has 0 aliphatic carbocycles. The van der Waals surface area contributed by atoms with E-state index in [2.05, 4.69) is 32.9 Å². The topological polar surface area (TPSA) is 20.3 Å². The molecule has 2 nitrogen and oxygen atoms in total. The summed E-state index contributed by atoms with van der Waals surface area (Å²) in [7, 11) is 0. The second-order valence-electron chi connectivity index (χ2n) is 6.12. The van der Waals surface area contributed by atoms with Gasteiger partial charge in [-0.15, -0.1) is 0 Å². The predicted octanol–water partition coefficient (Wildman–Crippen LogP) is 5.41. The van der Waals surface area contributed by atoms with Crippen molar-refractivity contribution in [2.75, 3.05) is 6.54 Å². The van der Waals surface area contributed by atoms with Crippen LogP contribution in [0, 0.1) is 12.8 Å². The minimum Gasteiger partial charge on any atom is -0.293 e. The molecule has 0 aromatic heterocycles. The van der Waals surface area contributed by atoms with E-state index in [-0.39, 0.29) is 5.91 Å². The van der Waals surface area contributed by atoms with Gasteiger partial charge in [0.25, 0.3) is 5.91 Å². The van der Waals surface area contributed by atoms with Crippen molar-refractivity contribution in [2.24, 2.45) is 5.92 Å². The first-order chi connectivity index (χ1) is 11.0. The van der Waals surface area contributed by atoms with Gasteiger partial charge in [0, 0.05) is 6.54 Å². The van der Waals surface area contributed by atoms with Crippen molar-refractivity contribution >= 4 is 40.3 Å². The maximum atomic E-state index is 12.7. The van der Waals surface area contributed by atoms with Crippen LogP contribution in [0.15, 0.2) is 29.2 Å². The lowest BCUT2D eigenvalue weighted by molar-refractivity contribution is -0.122. The van der Waals surface area contributed by atoms with Crippen LogP contribution in [0.2, 0.25) is 0 Å². The molecular formula is C19H25NOS2. The fourth-order valence-corrected chi connectivity index (χ4v) is 3.92. The molecule has 1 aliphatic heterocycles. The monoisotopic (exact) mass is 347 g/mol. The van der Waals surface area contributed by atoms with E-state index in [0.29, 0.717) is 10.2 Å². The van der Waals surface area contributed by atoms with Gasteiger partial charge in [0.1, 0.15) is 4.32 Å². The Labute approximate surface area is 149 Å². The highest BCUT2D eigenvalue weighted by molar-refractivity contribution is 8.26. The average molecular weight is 348 g/mol. The molecule has 1 atom stereocenters. The van der Waals surface area contributed by atoms with Gasteiger partial charge < -0.3 is 0 Å². The molecule has 23 heavy (non-hydrogen) atoms. The van der Waals surface area contributed by atoms with Gasteiger partial charge in [0.15, 0.2) is 0 Å². The van der Waals surface area contributed by atoms with E-state index < -0.39 is 0 Å². The van der Waals surface area contributed by atoms with Crippen LogP contribution in [0.3, 0.4) is 0 Å². The largest absolute Gasteiger partial charge is 0.293 e. The van der Waals surface area contributed by atoms with E-state index in [1.54, 1.807) is 4.90 Å². The fraction of sp³-hybridized carbons (Fsp3) is 0.474. The van der Waals surface area contributed by atoms with Crippen LogP contribution in [-0.4, -0.2) is 21.7 Å².